The Morgan fingerprint density at radius 2 is 2.00 bits per heavy atom. The van der Waals surface area contributed by atoms with Gasteiger partial charge >= 0.3 is 0 Å². The fourth-order valence-corrected chi connectivity index (χ4v) is 4.55. The zero-order chi connectivity index (χ0) is 19.6. The van der Waals surface area contributed by atoms with Crippen LogP contribution >= 0.6 is 23.1 Å². The summed E-state index contributed by atoms with van der Waals surface area (Å²) >= 11 is 3.14. The lowest BCUT2D eigenvalue weighted by molar-refractivity contribution is -0.113. The van der Waals surface area contributed by atoms with Gasteiger partial charge in [0.15, 0.2) is 11.0 Å². The minimum absolute atomic E-state index is 0.0401. The first-order valence-electron chi connectivity index (χ1n) is 8.88. The number of nitrogens with one attached hydrogen (secondary N) is 1. The molecule has 3 aromatic rings. The first-order chi connectivity index (χ1) is 12.9. The molecule has 27 heavy (non-hydrogen) atoms. The van der Waals surface area contributed by atoms with E-state index in [2.05, 4.69) is 52.3 Å². The number of anilines is 1. The van der Waals surface area contributed by atoms with Crippen molar-refractivity contribution in [2.45, 2.75) is 46.3 Å². The first kappa shape index (κ1) is 19.6. The Morgan fingerprint density at radius 3 is 2.63 bits per heavy atom. The largest absolute Gasteiger partial charge is 0.325 e. The van der Waals surface area contributed by atoms with Crippen molar-refractivity contribution in [1.29, 1.82) is 0 Å². The average molecular weight is 401 g/mol. The third-order valence-corrected chi connectivity index (χ3v) is 6.53. The number of carbonyl (C=O) groups is 1. The van der Waals surface area contributed by atoms with E-state index < -0.39 is 0 Å². The third-order valence-electron chi connectivity index (χ3n) is 4.55. The normalized spacial score (nSPS) is 11.0. The molecule has 1 aromatic carbocycles. The Labute approximate surface area is 168 Å². The number of hydrogen-bond acceptors (Lipinski definition) is 5. The average Bonchev–Trinajstić information content (AvgIpc) is 3.18. The van der Waals surface area contributed by atoms with Crippen molar-refractivity contribution in [3.05, 3.63) is 45.1 Å². The fraction of sp³-hybridized carbons (Fsp3) is 0.350. The van der Waals surface area contributed by atoms with Crippen molar-refractivity contribution in [3.8, 4) is 11.4 Å². The number of aryl methyl sites for hydroxylation is 3. The molecule has 0 spiro atoms. The standard InChI is InChI=1S/C20H24N4OS2/c1-6-24-19(16-10-26-15(5)14(16)4)22-23-20(24)27-11-18(25)21-17-8-7-12(2)9-13(17)3/h7-10H,6,11H2,1-5H3,(H,21,25). The molecule has 0 radical (unpaired) electrons. The quantitative estimate of drug-likeness (QED) is 0.592. The molecule has 0 fully saturated rings. The third kappa shape index (κ3) is 4.25. The predicted molar refractivity (Wildman–Crippen MR) is 114 cm³/mol. The number of carbonyl (C=O) groups excluding carboxylic acids is 1. The minimum atomic E-state index is -0.0401. The second-order valence-corrected chi connectivity index (χ2v) is 8.56. The molecular formula is C20H24N4OS2. The molecule has 142 valence electrons. The van der Waals surface area contributed by atoms with Gasteiger partial charge in [0.25, 0.3) is 0 Å². The summed E-state index contributed by atoms with van der Waals surface area (Å²) in [5, 5.41) is 14.6. The van der Waals surface area contributed by atoms with E-state index in [9.17, 15) is 4.79 Å². The molecule has 2 heterocycles. The molecule has 0 aliphatic carbocycles. The van der Waals surface area contributed by atoms with Gasteiger partial charge in [0, 0.05) is 28.1 Å². The molecule has 7 heteroatoms. The van der Waals surface area contributed by atoms with Crippen LogP contribution in [-0.2, 0) is 11.3 Å². The van der Waals surface area contributed by atoms with Crippen LogP contribution in [0, 0.1) is 27.7 Å². The van der Waals surface area contributed by atoms with Crippen molar-refractivity contribution < 1.29 is 4.79 Å². The fourth-order valence-electron chi connectivity index (χ4n) is 2.88. The Bertz CT molecular complexity index is 975. The van der Waals surface area contributed by atoms with Crippen molar-refractivity contribution >= 4 is 34.7 Å². The number of nitrogens with zero attached hydrogens (tertiary/aromatic N) is 3. The van der Waals surface area contributed by atoms with Crippen LogP contribution in [0.25, 0.3) is 11.4 Å². The molecule has 3 rings (SSSR count). The first-order valence-corrected chi connectivity index (χ1v) is 10.8. The lowest BCUT2D eigenvalue weighted by Gasteiger charge is -2.10. The zero-order valence-electron chi connectivity index (χ0n) is 16.3. The number of thioether (sulfide) groups is 1. The van der Waals surface area contributed by atoms with Crippen molar-refractivity contribution in [2.24, 2.45) is 0 Å². The van der Waals surface area contributed by atoms with Crippen LogP contribution in [-0.4, -0.2) is 26.4 Å². The van der Waals surface area contributed by atoms with Gasteiger partial charge in [-0.1, -0.05) is 29.5 Å². The molecule has 0 aliphatic heterocycles. The molecule has 1 amide bonds. The molecule has 0 aliphatic rings. The Morgan fingerprint density at radius 1 is 1.22 bits per heavy atom. The SMILES string of the molecule is CCn1c(SCC(=O)Nc2ccc(C)cc2C)nnc1-c1csc(C)c1C. The van der Waals surface area contributed by atoms with Crippen LogP contribution in [0.4, 0.5) is 5.69 Å². The lowest BCUT2D eigenvalue weighted by atomic mass is 10.1. The summed E-state index contributed by atoms with van der Waals surface area (Å²) in [5.41, 5.74) is 5.47. The van der Waals surface area contributed by atoms with Gasteiger partial charge in [-0.2, -0.15) is 0 Å². The van der Waals surface area contributed by atoms with E-state index >= 15 is 0 Å². The highest BCUT2D eigenvalue weighted by molar-refractivity contribution is 7.99. The van der Waals surface area contributed by atoms with Crippen LogP contribution in [0.2, 0.25) is 0 Å². The van der Waals surface area contributed by atoms with Gasteiger partial charge in [-0.05, 0) is 51.8 Å². The summed E-state index contributed by atoms with van der Waals surface area (Å²) in [7, 11) is 0. The summed E-state index contributed by atoms with van der Waals surface area (Å²) in [6.45, 7) is 11.1. The second-order valence-electron chi connectivity index (χ2n) is 6.54. The lowest BCUT2D eigenvalue weighted by Crippen LogP contribution is -2.15. The van der Waals surface area contributed by atoms with E-state index in [-0.39, 0.29) is 5.91 Å². The highest BCUT2D eigenvalue weighted by atomic mass is 32.2. The van der Waals surface area contributed by atoms with Crippen molar-refractivity contribution in [3.63, 3.8) is 0 Å². The highest BCUT2D eigenvalue weighted by Gasteiger charge is 2.17. The molecule has 0 saturated heterocycles. The summed E-state index contributed by atoms with van der Waals surface area (Å²) in [6.07, 6.45) is 0. The maximum absolute atomic E-state index is 12.4. The van der Waals surface area contributed by atoms with Crippen LogP contribution in [0.15, 0.2) is 28.7 Å². The van der Waals surface area contributed by atoms with Crippen LogP contribution < -0.4 is 5.32 Å². The van der Waals surface area contributed by atoms with Gasteiger partial charge in [-0.25, -0.2) is 0 Å². The number of rotatable bonds is 6. The summed E-state index contributed by atoms with van der Waals surface area (Å²) in [5.74, 6) is 1.13. The van der Waals surface area contributed by atoms with Crippen molar-refractivity contribution in [2.75, 3.05) is 11.1 Å². The molecule has 0 saturated carbocycles. The Hall–Kier alpha value is -2.12. The smallest absolute Gasteiger partial charge is 0.234 e. The molecule has 0 atom stereocenters. The van der Waals surface area contributed by atoms with Gasteiger partial charge in [-0.3, -0.25) is 4.79 Å². The van der Waals surface area contributed by atoms with E-state index in [0.29, 0.717) is 5.75 Å². The van der Waals surface area contributed by atoms with Crippen LogP contribution in [0.3, 0.4) is 0 Å². The number of hydrogen-bond donors (Lipinski definition) is 1. The molecule has 5 nitrogen and oxygen atoms in total. The monoisotopic (exact) mass is 400 g/mol. The number of amides is 1. The van der Waals surface area contributed by atoms with Crippen LogP contribution in [0.1, 0.15) is 28.5 Å². The molecule has 2 aromatic heterocycles. The van der Waals surface area contributed by atoms with E-state index in [0.717, 1.165) is 34.3 Å². The Balaban J connectivity index is 1.71. The summed E-state index contributed by atoms with van der Waals surface area (Å²) in [4.78, 5) is 13.7. The summed E-state index contributed by atoms with van der Waals surface area (Å²) in [6, 6.07) is 6.01. The molecule has 0 unspecified atom stereocenters. The van der Waals surface area contributed by atoms with Gasteiger partial charge in [-0.15, -0.1) is 21.5 Å². The maximum atomic E-state index is 12.4. The molecule has 1 N–H and O–H groups in total. The second kappa shape index (κ2) is 8.27. The zero-order valence-corrected chi connectivity index (χ0v) is 17.9. The topological polar surface area (TPSA) is 59.8 Å². The minimum Gasteiger partial charge on any atom is -0.325 e. The van der Waals surface area contributed by atoms with Gasteiger partial charge in [0.05, 0.1) is 5.75 Å². The number of thiophene rings is 1. The van der Waals surface area contributed by atoms with Crippen molar-refractivity contribution in [1.82, 2.24) is 14.8 Å². The molecule has 0 bridgehead atoms. The predicted octanol–water partition coefficient (Wildman–Crippen LogP) is 4.99. The van der Waals surface area contributed by atoms with Crippen LogP contribution in [0.5, 0.6) is 0 Å². The summed E-state index contributed by atoms with van der Waals surface area (Å²) < 4.78 is 2.07. The van der Waals surface area contributed by atoms with Gasteiger partial charge < -0.3 is 9.88 Å². The van der Waals surface area contributed by atoms with E-state index in [4.69, 9.17) is 0 Å². The van der Waals surface area contributed by atoms with Gasteiger partial charge in [0.1, 0.15) is 0 Å². The van der Waals surface area contributed by atoms with E-state index in [1.807, 2.05) is 26.0 Å². The Kier molecular flexibility index (Phi) is 6.01. The van der Waals surface area contributed by atoms with E-state index in [1.165, 1.54) is 27.8 Å². The molecular weight excluding hydrogens is 376 g/mol. The maximum Gasteiger partial charge on any atom is 0.234 e. The number of aromatic nitrogens is 3. The highest BCUT2D eigenvalue weighted by Crippen LogP contribution is 2.31. The number of benzene rings is 1. The van der Waals surface area contributed by atoms with Gasteiger partial charge in [0.2, 0.25) is 5.91 Å². The van der Waals surface area contributed by atoms with E-state index in [1.54, 1.807) is 11.3 Å².